The van der Waals surface area contributed by atoms with Crippen LogP contribution in [-0.2, 0) is 6.54 Å². The van der Waals surface area contributed by atoms with Gasteiger partial charge in [0.15, 0.2) is 0 Å². The summed E-state index contributed by atoms with van der Waals surface area (Å²) in [6, 6.07) is 9.78. The summed E-state index contributed by atoms with van der Waals surface area (Å²) in [4.78, 5) is 13.7. The Morgan fingerprint density at radius 2 is 2.07 bits per heavy atom. The number of aryl methyl sites for hydroxylation is 1. The fraction of sp³-hybridized carbons (Fsp3) is 0.158. The second-order valence-corrected chi connectivity index (χ2v) is 6.40. The van der Waals surface area contributed by atoms with E-state index in [0.29, 0.717) is 23.5 Å². The molecule has 0 atom stereocenters. The molecular formula is C19H16N8O. The van der Waals surface area contributed by atoms with Crippen LogP contribution in [0.25, 0.3) is 39.1 Å². The van der Waals surface area contributed by atoms with Gasteiger partial charge in [0, 0.05) is 23.3 Å². The van der Waals surface area contributed by atoms with E-state index in [2.05, 4.69) is 25.4 Å². The molecule has 0 saturated heterocycles. The number of pyridine rings is 1. The Morgan fingerprint density at radius 3 is 2.96 bits per heavy atom. The molecule has 9 nitrogen and oxygen atoms in total. The fourth-order valence-electron chi connectivity index (χ4n) is 3.19. The quantitative estimate of drug-likeness (QED) is 0.513. The summed E-state index contributed by atoms with van der Waals surface area (Å²) in [5.41, 5.74) is 5.08. The first-order valence-electron chi connectivity index (χ1n) is 8.82. The molecule has 28 heavy (non-hydrogen) atoms. The van der Waals surface area contributed by atoms with E-state index >= 15 is 0 Å². The van der Waals surface area contributed by atoms with Crippen molar-refractivity contribution >= 4 is 22.2 Å². The predicted octanol–water partition coefficient (Wildman–Crippen LogP) is 1.92. The highest BCUT2D eigenvalue weighted by molar-refractivity contribution is 5.81. The molecule has 5 aromatic rings. The molecule has 0 saturated carbocycles. The first-order chi connectivity index (χ1) is 13.7. The molecule has 5 rings (SSSR count). The van der Waals surface area contributed by atoms with Crippen LogP contribution in [0.1, 0.15) is 5.69 Å². The molecular weight excluding hydrogens is 356 g/mol. The van der Waals surface area contributed by atoms with E-state index < -0.39 is 0 Å². The third-order valence-corrected chi connectivity index (χ3v) is 4.53. The molecule has 1 N–H and O–H groups in total. The summed E-state index contributed by atoms with van der Waals surface area (Å²) < 4.78 is 3.35. The van der Waals surface area contributed by atoms with Crippen LogP contribution in [0.2, 0.25) is 0 Å². The smallest absolute Gasteiger partial charge is 0.221 e. The van der Waals surface area contributed by atoms with E-state index in [1.54, 1.807) is 21.8 Å². The van der Waals surface area contributed by atoms with Crippen LogP contribution in [0.3, 0.4) is 0 Å². The second-order valence-electron chi connectivity index (χ2n) is 6.40. The maximum Gasteiger partial charge on any atom is 0.221 e. The minimum atomic E-state index is 0.0261. The summed E-state index contributed by atoms with van der Waals surface area (Å²) in [7, 11) is 0. The van der Waals surface area contributed by atoms with Crippen LogP contribution >= 0.6 is 0 Å². The summed E-state index contributed by atoms with van der Waals surface area (Å²) in [5.74, 6) is 0. The summed E-state index contributed by atoms with van der Waals surface area (Å²) in [6.45, 7) is 2.34. The van der Waals surface area contributed by atoms with E-state index in [0.717, 1.165) is 27.8 Å². The molecule has 0 spiro atoms. The van der Waals surface area contributed by atoms with Gasteiger partial charge < -0.3 is 5.11 Å². The van der Waals surface area contributed by atoms with Gasteiger partial charge in [-0.25, -0.2) is 9.97 Å². The highest BCUT2D eigenvalue weighted by Crippen LogP contribution is 2.24. The number of nitrogens with zero attached hydrogens (tertiary/aromatic N) is 8. The van der Waals surface area contributed by atoms with Gasteiger partial charge in [0.1, 0.15) is 0 Å². The van der Waals surface area contributed by atoms with Crippen LogP contribution in [0.5, 0.6) is 0 Å². The van der Waals surface area contributed by atoms with Crippen molar-refractivity contribution in [2.75, 3.05) is 6.61 Å². The van der Waals surface area contributed by atoms with Crippen molar-refractivity contribution in [3.8, 4) is 16.9 Å². The van der Waals surface area contributed by atoms with Crippen molar-refractivity contribution in [3.63, 3.8) is 0 Å². The highest BCUT2D eigenvalue weighted by atomic mass is 16.3. The van der Waals surface area contributed by atoms with Crippen LogP contribution in [-0.4, -0.2) is 51.4 Å². The van der Waals surface area contributed by atoms with E-state index in [-0.39, 0.29) is 6.61 Å². The molecule has 9 heteroatoms. The molecule has 1 aromatic carbocycles. The molecule has 0 unspecified atom stereocenters. The monoisotopic (exact) mass is 372 g/mol. The molecule has 0 fully saturated rings. The Bertz CT molecular complexity index is 1310. The number of benzene rings is 1. The third-order valence-electron chi connectivity index (χ3n) is 4.53. The van der Waals surface area contributed by atoms with Crippen LogP contribution in [0, 0.1) is 6.92 Å². The van der Waals surface area contributed by atoms with Crippen molar-refractivity contribution in [1.29, 1.82) is 0 Å². The Kier molecular flexibility index (Phi) is 3.80. The minimum Gasteiger partial charge on any atom is -0.394 e. The van der Waals surface area contributed by atoms with E-state index in [1.165, 1.54) is 0 Å². The average Bonchev–Trinajstić information content (AvgIpc) is 3.34. The topological polar surface area (TPSA) is 107 Å². The number of aliphatic hydroxyl groups is 1. The van der Waals surface area contributed by atoms with Gasteiger partial charge in [-0.15, -0.1) is 5.10 Å². The standard InChI is InChI=1S/C19H16N8O/c1-12-17(14-10-21-26(11-14)7-8-28)23-19-18(22-12)24-25-27(19)15-4-5-16-13(9-15)3-2-6-20-16/h2-6,9-11,28H,7-8H2,1H3. The Hall–Kier alpha value is -3.72. The number of hydrogen-bond donors (Lipinski definition) is 1. The Morgan fingerprint density at radius 1 is 1.14 bits per heavy atom. The molecule has 138 valence electrons. The normalized spacial score (nSPS) is 11.5. The largest absolute Gasteiger partial charge is 0.394 e. The zero-order valence-electron chi connectivity index (χ0n) is 15.1. The van der Waals surface area contributed by atoms with Gasteiger partial charge in [-0.3, -0.25) is 9.67 Å². The van der Waals surface area contributed by atoms with Gasteiger partial charge in [-0.1, -0.05) is 11.3 Å². The maximum absolute atomic E-state index is 9.09. The molecule has 0 aliphatic rings. The fourth-order valence-corrected chi connectivity index (χ4v) is 3.19. The molecule has 0 amide bonds. The first-order valence-corrected chi connectivity index (χ1v) is 8.82. The SMILES string of the molecule is Cc1nc2nnn(-c3ccc4ncccc4c3)c2nc1-c1cnn(CCO)c1. The van der Waals surface area contributed by atoms with Crippen molar-refractivity contribution in [2.45, 2.75) is 13.5 Å². The molecule has 0 radical (unpaired) electrons. The number of aromatic nitrogens is 8. The summed E-state index contributed by atoms with van der Waals surface area (Å²) in [5, 5.41) is 22.8. The lowest BCUT2D eigenvalue weighted by Gasteiger charge is -2.05. The molecule has 0 bridgehead atoms. The zero-order valence-corrected chi connectivity index (χ0v) is 15.1. The van der Waals surface area contributed by atoms with Gasteiger partial charge in [0.05, 0.1) is 41.9 Å². The zero-order chi connectivity index (χ0) is 19.1. The van der Waals surface area contributed by atoms with Crippen LogP contribution < -0.4 is 0 Å². The lowest BCUT2D eigenvalue weighted by Crippen LogP contribution is -2.02. The van der Waals surface area contributed by atoms with Gasteiger partial charge in [0.2, 0.25) is 11.3 Å². The number of aliphatic hydroxyl groups excluding tert-OH is 1. The van der Waals surface area contributed by atoms with Crippen molar-refractivity contribution in [3.05, 3.63) is 54.6 Å². The number of fused-ring (bicyclic) bond motifs is 2. The van der Waals surface area contributed by atoms with Gasteiger partial charge in [-0.2, -0.15) is 9.78 Å². The second kappa shape index (κ2) is 6.46. The lowest BCUT2D eigenvalue weighted by atomic mass is 10.2. The van der Waals surface area contributed by atoms with Crippen LogP contribution in [0.4, 0.5) is 0 Å². The third kappa shape index (κ3) is 2.69. The minimum absolute atomic E-state index is 0.0261. The summed E-state index contributed by atoms with van der Waals surface area (Å²) in [6.07, 6.45) is 5.33. The lowest BCUT2D eigenvalue weighted by molar-refractivity contribution is 0.269. The number of hydrogen-bond acceptors (Lipinski definition) is 7. The molecule has 0 aliphatic carbocycles. The number of rotatable bonds is 4. The predicted molar refractivity (Wildman–Crippen MR) is 103 cm³/mol. The van der Waals surface area contributed by atoms with E-state index in [4.69, 9.17) is 10.1 Å². The summed E-state index contributed by atoms with van der Waals surface area (Å²) >= 11 is 0. The molecule has 4 aromatic heterocycles. The average molecular weight is 372 g/mol. The Balaban J connectivity index is 1.65. The van der Waals surface area contributed by atoms with Crippen molar-refractivity contribution < 1.29 is 5.11 Å². The van der Waals surface area contributed by atoms with Crippen molar-refractivity contribution in [1.82, 2.24) is 39.7 Å². The van der Waals surface area contributed by atoms with Gasteiger partial charge in [0.25, 0.3) is 0 Å². The van der Waals surface area contributed by atoms with Crippen molar-refractivity contribution in [2.24, 2.45) is 0 Å². The van der Waals surface area contributed by atoms with E-state index in [9.17, 15) is 0 Å². The first kappa shape index (κ1) is 16.5. The molecule has 0 aliphatic heterocycles. The van der Waals surface area contributed by atoms with Crippen LogP contribution in [0.15, 0.2) is 48.9 Å². The Labute approximate surface area is 159 Å². The highest BCUT2D eigenvalue weighted by Gasteiger charge is 2.15. The van der Waals surface area contributed by atoms with Gasteiger partial charge >= 0.3 is 0 Å². The molecule has 4 heterocycles. The van der Waals surface area contributed by atoms with E-state index in [1.807, 2.05) is 43.5 Å². The maximum atomic E-state index is 9.09. The van der Waals surface area contributed by atoms with Gasteiger partial charge in [-0.05, 0) is 31.2 Å².